The maximum absolute atomic E-state index is 13.3. The number of urea groups is 1. The zero-order chi connectivity index (χ0) is 17.8. The monoisotopic (exact) mass is 425 g/mol. The summed E-state index contributed by atoms with van der Waals surface area (Å²) in [6.45, 7) is 6.27. The van der Waals surface area contributed by atoms with Crippen LogP contribution < -0.4 is 5.32 Å². The van der Waals surface area contributed by atoms with Crippen molar-refractivity contribution in [2.45, 2.75) is 20.0 Å². The number of aryl methyl sites for hydroxylation is 1. The minimum atomic E-state index is -0.219. The van der Waals surface area contributed by atoms with E-state index >= 15 is 0 Å². The van der Waals surface area contributed by atoms with Gasteiger partial charge in [-0.25, -0.2) is 9.18 Å². The molecule has 0 unspecified atom stereocenters. The van der Waals surface area contributed by atoms with Crippen LogP contribution in [0.2, 0.25) is 0 Å². The van der Waals surface area contributed by atoms with Crippen molar-refractivity contribution in [3.05, 3.63) is 55.9 Å². The second-order valence-electron chi connectivity index (χ2n) is 6.21. The molecule has 1 N–H and O–H groups in total. The van der Waals surface area contributed by atoms with E-state index in [4.69, 9.17) is 0 Å². The third-order valence-electron chi connectivity index (χ3n) is 4.33. The summed E-state index contributed by atoms with van der Waals surface area (Å²) in [6.07, 6.45) is 0. The highest BCUT2D eigenvalue weighted by Crippen LogP contribution is 2.23. The zero-order valence-corrected chi connectivity index (χ0v) is 16.5. The minimum absolute atomic E-state index is 0.0551. The van der Waals surface area contributed by atoms with E-state index in [0.717, 1.165) is 42.1 Å². The number of nitrogens with zero attached hydrogens (tertiary/aromatic N) is 2. The van der Waals surface area contributed by atoms with E-state index in [-0.39, 0.29) is 11.8 Å². The molecule has 0 bridgehead atoms. The van der Waals surface area contributed by atoms with Gasteiger partial charge >= 0.3 is 6.03 Å². The van der Waals surface area contributed by atoms with E-state index in [1.54, 1.807) is 30.4 Å². The van der Waals surface area contributed by atoms with Crippen molar-refractivity contribution in [3.8, 4) is 0 Å². The quantitative estimate of drug-likeness (QED) is 0.803. The molecule has 4 nitrogen and oxygen atoms in total. The summed E-state index contributed by atoms with van der Waals surface area (Å²) in [6, 6.07) is 9.07. The van der Waals surface area contributed by atoms with Gasteiger partial charge in [0, 0.05) is 44.1 Å². The average Bonchev–Trinajstić information content (AvgIpc) is 3.01. The first-order valence-electron chi connectivity index (χ1n) is 8.25. The Kier molecular flexibility index (Phi) is 6.09. The van der Waals surface area contributed by atoms with Crippen molar-refractivity contribution in [1.29, 1.82) is 0 Å². The Morgan fingerprint density at radius 2 is 2.00 bits per heavy atom. The second-order valence-corrected chi connectivity index (χ2v) is 8.76. The molecule has 1 aromatic heterocycles. The molecular weight excluding hydrogens is 405 g/mol. The lowest BCUT2D eigenvalue weighted by atomic mass is 10.1. The standard InChI is InChI=1S/C18H21BrFN3OS/c1-13-10-14(2-4-16(13)20)11-21-18(24)23-8-6-22(7-9-23)12-15-3-5-17(19)25-15/h2-5,10H,6-9,11-12H2,1H3,(H,21,24). The van der Waals surface area contributed by atoms with Crippen LogP contribution in [-0.2, 0) is 13.1 Å². The molecule has 0 spiro atoms. The van der Waals surface area contributed by atoms with Gasteiger partial charge in [0.05, 0.1) is 3.79 Å². The smallest absolute Gasteiger partial charge is 0.317 e. The molecule has 2 aromatic rings. The van der Waals surface area contributed by atoms with Crippen LogP contribution in [0.5, 0.6) is 0 Å². The molecule has 7 heteroatoms. The number of thiophene rings is 1. The van der Waals surface area contributed by atoms with Gasteiger partial charge in [-0.1, -0.05) is 12.1 Å². The summed E-state index contributed by atoms with van der Waals surface area (Å²) >= 11 is 5.24. The van der Waals surface area contributed by atoms with Gasteiger partial charge in [0.2, 0.25) is 0 Å². The number of piperazine rings is 1. The van der Waals surface area contributed by atoms with Crippen molar-refractivity contribution < 1.29 is 9.18 Å². The first kappa shape index (κ1) is 18.4. The molecular formula is C18H21BrFN3OS. The van der Waals surface area contributed by atoms with Gasteiger partial charge in [0.1, 0.15) is 5.82 Å². The van der Waals surface area contributed by atoms with Gasteiger partial charge < -0.3 is 10.2 Å². The van der Waals surface area contributed by atoms with Crippen molar-refractivity contribution in [3.63, 3.8) is 0 Å². The Morgan fingerprint density at radius 1 is 1.24 bits per heavy atom. The summed E-state index contributed by atoms with van der Waals surface area (Å²) in [5.74, 6) is -0.219. The fourth-order valence-corrected chi connectivity index (χ4v) is 4.40. The fraction of sp³-hybridized carbons (Fsp3) is 0.389. The number of amides is 2. The second kappa shape index (κ2) is 8.29. The molecule has 134 valence electrons. The number of rotatable bonds is 4. The van der Waals surface area contributed by atoms with Crippen molar-refractivity contribution in [2.24, 2.45) is 0 Å². The van der Waals surface area contributed by atoms with Gasteiger partial charge in [-0.2, -0.15) is 0 Å². The number of nitrogens with one attached hydrogen (secondary N) is 1. The Morgan fingerprint density at radius 3 is 2.64 bits per heavy atom. The molecule has 25 heavy (non-hydrogen) atoms. The number of carbonyl (C=O) groups is 1. The highest BCUT2D eigenvalue weighted by molar-refractivity contribution is 9.11. The minimum Gasteiger partial charge on any atom is -0.334 e. The predicted octanol–water partition coefficient (Wildman–Crippen LogP) is 3.99. The zero-order valence-electron chi connectivity index (χ0n) is 14.1. The predicted molar refractivity (Wildman–Crippen MR) is 102 cm³/mol. The molecule has 0 saturated carbocycles. The van der Waals surface area contributed by atoms with Crippen LogP contribution in [0.3, 0.4) is 0 Å². The average molecular weight is 426 g/mol. The highest BCUT2D eigenvalue weighted by Gasteiger charge is 2.21. The summed E-state index contributed by atoms with van der Waals surface area (Å²) in [5.41, 5.74) is 1.51. The molecule has 1 aromatic carbocycles. The van der Waals surface area contributed by atoms with Crippen LogP contribution in [0.15, 0.2) is 34.1 Å². The summed E-state index contributed by atoms with van der Waals surface area (Å²) in [4.78, 5) is 17.9. The topological polar surface area (TPSA) is 35.6 Å². The third kappa shape index (κ3) is 5.03. The fourth-order valence-electron chi connectivity index (χ4n) is 2.87. The van der Waals surface area contributed by atoms with Gasteiger partial charge in [-0.15, -0.1) is 11.3 Å². The molecule has 0 atom stereocenters. The van der Waals surface area contributed by atoms with Crippen LogP contribution in [0, 0.1) is 12.7 Å². The van der Waals surface area contributed by atoms with Crippen molar-refractivity contribution >= 4 is 33.3 Å². The molecule has 1 saturated heterocycles. The lowest BCUT2D eigenvalue weighted by Gasteiger charge is -2.34. The Labute approximate surface area is 159 Å². The number of carbonyl (C=O) groups excluding carboxylic acids is 1. The van der Waals surface area contributed by atoms with Gasteiger partial charge in [-0.3, -0.25) is 4.90 Å². The Bertz CT molecular complexity index is 744. The van der Waals surface area contributed by atoms with E-state index in [1.165, 1.54) is 10.9 Å². The molecule has 1 aliphatic heterocycles. The summed E-state index contributed by atoms with van der Waals surface area (Å²) in [7, 11) is 0. The summed E-state index contributed by atoms with van der Waals surface area (Å²) in [5, 5.41) is 2.93. The van der Waals surface area contributed by atoms with E-state index in [0.29, 0.717) is 12.1 Å². The van der Waals surface area contributed by atoms with Crippen LogP contribution >= 0.6 is 27.3 Å². The van der Waals surface area contributed by atoms with Crippen LogP contribution in [0.25, 0.3) is 0 Å². The molecule has 2 heterocycles. The van der Waals surface area contributed by atoms with Crippen molar-refractivity contribution in [1.82, 2.24) is 15.1 Å². The lowest BCUT2D eigenvalue weighted by Crippen LogP contribution is -2.51. The van der Waals surface area contributed by atoms with Crippen LogP contribution in [0.1, 0.15) is 16.0 Å². The molecule has 1 aliphatic rings. The largest absolute Gasteiger partial charge is 0.334 e. The third-order valence-corrected chi connectivity index (χ3v) is 5.94. The summed E-state index contributed by atoms with van der Waals surface area (Å²) < 4.78 is 14.4. The van der Waals surface area contributed by atoms with Crippen LogP contribution in [-0.4, -0.2) is 42.0 Å². The number of halogens is 2. The Balaban J connectivity index is 1.44. The lowest BCUT2D eigenvalue weighted by molar-refractivity contribution is 0.135. The molecule has 0 aliphatic carbocycles. The normalized spacial score (nSPS) is 15.4. The first-order chi connectivity index (χ1) is 12.0. The van der Waals surface area contributed by atoms with Crippen LogP contribution in [0.4, 0.5) is 9.18 Å². The molecule has 2 amide bonds. The highest BCUT2D eigenvalue weighted by atomic mass is 79.9. The number of hydrogen-bond acceptors (Lipinski definition) is 3. The SMILES string of the molecule is Cc1cc(CNC(=O)N2CCN(Cc3ccc(Br)s3)CC2)ccc1F. The van der Waals surface area contributed by atoms with E-state index in [2.05, 4.69) is 38.3 Å². The van der Waals surface area contributed by atoms with E-state index in [1.807, 2.05) is 4.90 Å². The maximum Gasteiger partial charge on any atom is 0.317 e. The van der Waals surface area contributed by atoms with E-state index < -0.39 is 0 Å². The molecule has 3 rings (SSSR count). The van der Waals surface area contributed by atoms with Crippen molar-refractivity contribution in [2.75, 3.05) is 26.2 Å². The Hall–Kier alpha value is -1.44. The number of hydrogen-bond donors (Lipinski definition) is 1. The van der Waals surface area contributed by atoms with Gasteiger partial charge in [0.25, 0.3) is 0 Å². The number of benzene rings is 1. The maximum atomic E-state index is 13.3. The van der Waals surface area contributed by atoms with Gasteiger partial charge in [0.15, 0.2) is 0 Å². The van der Waals surface area contributed by atoms with Gasteiger partial charge in [-0.05, 0) is 52.2 Å². The first-order valence-corrected chi connectivity index (χ1v) is 9.86. The van der Waals surface area contributed by atoms with E-state index in [9.17, 15) is 9.18 Å². The molecule has 1 fully saturated rings. The molecule has 0 radical (unpaired) electrons.